The molecule has 43 heavy (non-hydrogen) atoms. The normalized spacial score (nSPS) is 14.3. The van der Waals surface area contributed by atoms with Gasteiger partial charge in [0.25, 0.3) is 0 Å². The Kier molecular flexibility index (Phi) is 22.7. The molecule has 0 rings (SSSR count). The molecule has 3 N–H and O–H groups in total. The van der Waals surface area contributed by atoms with E-state index >= 15 is 0 Å². The Bertz CT molecular complexity index is 953. The van der Waals surface area contributed by atoms with Crippen LogP contribution in [-0.4, -0.2) is 78.4 Å². The second-order valence-corrected chi connectivity index (χ2v) is 10.6. The molecular formula is C30H45F3N2O7S. The zero-order valence-electron chi connectivity index (χ0n) is 25.1. The standard InChI is InChI=1S/C30H45F3N2O7S/c1-4-5-6-7-8-9-10-11-12-13-14-15-19-26(25(37)18-16-17-20-42-23(2)36)43-22-24(35-29(40)30(31,32)33)28(39)34-21-27(38)41-3/h8-9,11-15,19,24-26,37H,4-7,10,16-18,20-22H2,1-3H3,(H,34,39)(H,35,40)/t24?,25-,26+/m0/s1. The van der Waals surface area contributed by atoms with E-state index in [2.05, 4.69) is 29.1 Å². The molecule has 244 valence electrons. The maximum atomic E-state index is 12.9. The molecule has 9 nitrogen and oxygen atoms in total. The van der Waals surface area contributed by atoms with Crippen molar-refractivity contribution in [3.63, 3.8) is 0 Å². The summed E-state index contributed by atoms with van der Waals surface area (Å²) in [4.78, 5) is 46.4. The first-order valence-electron chi connectivity index (χ1n) is 14.2. The highest BCUT2D eigenvalue weighted by Gasteiger charge is 2.41. The Morgan fingerprint density at radius 1 is 0.977 bits per heavy atom. The number of esters is 2. The van der Waals surface area contributed by atoms with Gasteiger partial charge >= 0.3 is 24.0 Å². The molecule has 0 aromatic carbocycles. The third-order valence-corrected chi connectivity index (χ3v) is 7.11. The number of unbranched alkanes of at least 4 members (excludes halogenated alkanes) is 4. The molecule has 0 aliphatic rings. The van der Waals surface area contributed by atoms with Crippen LogP contribution in [0.2, 0.25) is 0 Å². The quantitative estimate of drug-likeness (QED) is 0.0676. The first-order chi connectivity index (χ1) is 20.4. The van der Waals surface area contributed by atoms with Crippen LogP contribution in [0, 0.1) is 0 Å². The number of rotatable bonds is 22. The van der Waals surface area contributed by atoms with Gasteiger partial charge in [-0.1, -0.05) is 68.4 Å². The van der Waals surface area contributed by atoms with Crippen LogP contribution in [0.25, 0.3) is 0 Å². The zero-order chi connectivity index (χ0) is 32.5. The van der Waals surface area contributed by atoms with Crippen LogP contribution in [0.5, 0.6) is 0 Å². The number of carbonyl (C=O) groups excluding carboxylic acids is 4. The number of amides is 2. The van der Waals surface area contributed by atoms with Gasteiger partial charge in [-0.2, -0.15) is 13.2 Å². The number of nitrogens with one attached hydrogen (secondary N) is 2. The highest BCUT2D eigenvalue weighted by atomic mass is 32.2. The van der Waals surface area contributed by atoms with Gasteiger partial charge < -0.3 is 25.2 Å². The van der Waals surface area contributed by atoms with E-state index in [1.54, 1.807) is 29.6 Å². The van der Waals surface area contributed by atoms with Gasteiger partial charge in [-0.15, -0.1) is 11.8 Å². The number of halogens is 3. The third-order valence-electron chi connectivity index (χ3n) is 5.73. The third kappa shape index (κ3) is 22.2. The Morgan fingerprint density at radius 3 is 2.35 bits per heavy atom. The summed E-state index contributed by atoms with van der Waals surface area (Å²) in [6, 6.07) is -1.65. The maximum Gasteiger partial charge on any atom is 0.471 e. The summed E-state index contributed by atoms with van der Waals surface area (Å²) in [5.41, 5.74) is 0. The number of allylic oxidation sites excluding steroid dienone is 7. The van der Waals surface area contributed by atoms with Crippen LogP contribution in [0.15, 0.2) is 48.6 Å². The monoisotopic (exact) mass is 634 g/mol. The van der Waals surface area contributed by atoms with Crippen molar-refractivity contribution in [3.8, 4) is 0 Å². The van der Waals surface area contributed by atoms with Crippen LogP contribution < -0.4 is 10.6 Å². The van der Waals surface area contributed by atoms with Crippen molar-refractivity contribution in [1.29, 1.82) is 0 Å². The van der Waals surface area contributed by atoms with Crippen molar-refractivity contribution in [2.75, 3.05) is 26.0 Å². The van der Waals surface area contributed by atoms with E-state index < -0.39 is 53.9 Å². The minimum absolute atomic E-state index is 0.185. The number of carbonyl (C=O) groups is 4. The van der Waals surface area contributed by atoms with Gasteiger partial charge in [0.05, 0.1) is 19.8 Å². The van der Waals surface area contributed by atoms with Gasteiger partial charge in [-0.25, -0.2) is 0 Å². The molecule has 0 fully saturated rings. The van der Waals surface area contributed by atoms with E-state index in [1.807, 2.05) is 12.2 Å². The second kappa shape index (κ2) is 24.4. The van der Waals surface area contributed by atoms with Crippen molar-refractivity contribution >= 4 is 35.5 Å². The van der Waals surface area contributed by atoms with Gasteiger partial charge in [0, 0.05) is 17.9 Å². The van der Waals surface area contributed by atoms with Crippen molar-refractivity contribution < 1.29 is 46.9 Å². The fourth-order valence-corrected chi connectivity index (χ4v) is 4.59. The van der Waals surface area contributed by atoms with E-state index in [0.717, 1.165) is 31.7 Å². The molecule has 0 saturated heterocycles. The Balaban J connectivity index is 5.40. The molecule has 0 aliphatic carbocycles. The highest BCUT2D eigenvalue weighted by molar-refractivity contribution is 8.00. The molecule has 0 aromatic rings. The number of hydrogen-bond acceptors (Lipinski definition) is 8. The van der Waals surface area contributed by atoms with Crippen molar-refractivity contribution in [2.45, 2.75) is 88.8 Å². The van der Waals surface area contributed by atoms with Crippen LogP contribution in [0.4, 0.5) is 13.2 Å². The number of hydrogen-bond donors (Lipinski definition) is 3. The lowest BCUT2D eigenvalue weighted by Crippen LogP contribution is -2.52. The van der Waals surface area contributed by atoms with Crippen LogP contribution in [0.1, 0.15) is 65.2 Å². The van der Waals surface area contributed by atoms with Crippen molar-refractivity contribution in [2.24, 2.45) is 0 Å². The molecule has 3 atom stereocenters. The summed E-state index contributed by atoms with van der Waals surface area (Å²) in [6.45, 7) is 3.03. The van der Waals surface area contributed by atoms with E-state index in [-0.39, 0.29) is 18.8 Å². The fraction of sp³-hybridized carbons (Fsp3) is 0.600. The molecule has 0 aliphatic heterocycles. The molecule has 0 radical (unpaired) electrons. The number of aliphatic hydroxyl groups is 1. The summed E-state index contributed by atoms with van der Waals surface area (Å²) in [5.74, 6) is -4.90. The van der Waals surface area contributed by atoms with E-state index in [1.165, 1.54) is 26.2 Å². The molecule has 0 spiro atoms. The lowest BCUT2D eigenvalue weighted by Gasteiger charge is -2.23. The maximum absolute atomic E-state index is 12.9. The Labute approximate surface area is 256 Å². The Morgan fingerprint density at radius 2 is 1.70 bits per heavy atom. The number of thioether (sulfide) groups is 1. The number of aliphatic hydroxyl groups excluding tert-OH is 1. The average molecular weight is 635 g/mol. The molecule has 0 saturated carbocycles. The smallest absolute Gasteiger partial charge is 0.468 e. The average Bonchev–Trinajstić information content (AvgIpc) is 2.95. The van der Waals surface area contributed by atoms with Crippen LogP contribution in [0.3, 0.4) is 0 Å². The van der Waals surface area contributed by atoms with E-state index in [9.17, 15) is 37.5 Å². The molecular weight excluding hydrogens is 589 g/mol. The molecule has 2 amide bonds. The predicted octanol–water partition coefficient (Wildman–Crippen LogP) is 4.71. The molecule has 0 heterocycles. The number of alkyl halides is 3. The topological polar surface area (TPSA) is 131 Å². The van der Waals surface area contributed by atoms with Gasteiger partial charge in [0.15, 0.2) is 0 Å². The second-order valence-electron chi connectivity index (χ2n) is 9.42. The summed E-state index contributed by atoms with van der Waals surface area (Å²) >= 11 is 0.968. The zero-order valence-corrected chi connectivity index (χ0v) is 25.9. The Hall–Kier alpha value is -3.06. The SMILES string of the molecule is CCCCCC=CCC=CC=CC=C[C@@H](SCC(NC(=O)C(F)(F)F)C(=O)NCC(=O)OC)[C@@H](O)CCCCOC(C)=O. The first kappa shape index (κ1) is 39.9. The summed E-state index contributed by atoms with van der Waals surface area (Å²) < 4.78 is 48.0. The van der Waals surface area contributed by atoms with Gasteiger partial charge in [0.2, 0.25) is 5.91 Å². The lowest BCUT2D eigenvalue weighted by atomic mass is 10.1. The molecule has 13 heteroatoms. The minimum Gasteiger partial charge on any atom is -0.468 e. The molecule has 1 unspecified atom stereocenters. The van der Waals surface area contributed by atoms with E-state index in [4.69, 9.17) is 4.74 Å². The van der Waals surface area contributed by atoms with Crippen molar-refractivity contribution in [3.05, 3.63) is 48.6 Å². The largest absolute Gasteiger partial charge is 0.471 e. The minimum atomic E-state index is -5.23. The first-order valence-corrected chi connectivity index (χ1v) is 15.3. The summed E-state index contributed by atoms with van der Waals surface area (Å²) in [5, 5.41) is 13.9. The summed E-state index contributed by atoms with van der Waals surface area (Å²) in [7, 11) is 1.08. The van der Waals surface area contributed by atoms with E-state index in [0.29, 0.717) is 12.8 Å². The molecule has 0 bridgehead atoms. The van der Waals surface area contributed by atoms with Crippen LogP contribution >= 0.6 is 11.8 Å². The highest BCUT2D eigenvalue weighted by Crippen LogP contribution is 2.22. The predicted molar refractivity (Wildman–Crippen MR) is 161 cm³/mol. The lowest BCUT2D eigenvalue weighted by molar-refractivity contribution is -0.174. The van der Waals surface area contributed by atoms with Crippen molar-refractivity contribution in [1.82, 2.24) is 10.6 Å². The number of ether oxygens (including phenoxy) is 2. The summed E-state index contributed by atoms with van der Waals surface area (Å²) in [6.07, 6.45) is 15.4. The van der Waals surface area contributed by atoms with Gasteiger partial charge in [0.1, 0.15) is 12.6 Å². The van der Waals surface area contributed by atoms with Crippen LogP contribution in [-0.2, 0) is 28.7 Å². The number of methoxy groups -OCH3 is 1. The van der Waals surface area contributed by atoms with Gasteiger partial charge in [-0.3, -0.25) is 19.2 Å². The fourth-order valence-electron chi connectivity index (χ4n) is 3.38. The molecule has 0 aromatic heterocycles. The van der Waals surface area contributed by atoms with Gasteiger partial charge in [-0.05, 0) is 38.5 Å².